The third-order valence-corrected chi connectivity index (χ3v) is 9.16. The summed E-state index contributed by atoms with van der Waals surface area (Å²) in [6, 6.07) is 28.1. The van der Waals surface area contributed by atoms with Crippen molar-refractivity contribution in [3.63, 3.8) is 0 Å². The molecule has 230 valence electrons. The quantitative estimate of drug-likeness (QED) is 0.166. The van der Waals surface area contributed by atoms with E-state index >= 15 is 0 Å². The van der Waals surface area contributed by atoms with Gasteiger partial charge >= 0.3 is 0 Å². The topological polar surface area (TPSA) is 86.8 Å². The molecular formula is C34H35ClFN3O4S. The lowest BCUT2D eigenvalue weighted by atomic mass is 10.0. The third kappa shape index (κ3) is 8.45. The lowest BCUT2D eigenvalue weighted by Gasteiger charge is -2.34. The molecule has 44 heavy (non-hydrogen) atoms. The molecule has 7 nitrogen and oxygen atoms in total. The lowest BCUT2D eigenvalue weighted by molar-refractivity contribution is -0.140. The van der Waals surface area contributed by atoms with Crippen molar-refractivity contribution in [3.05, 3.63) is 131 Å². The Labute approximate surface area is 263 Å². The summed E-state index contributed by atoms with van der Waals surface area (Å²) in [4.78, 5) is 29.3. The van der Waals surface area contributed by atoms with Crippen LogP contribution in [0.2, 0.25) is 5.02 Å². The number of hydrogen-bond acceptors (Lipinski definition) is 4. The molecule has 0 aliphatic rings. The smallest absolute Gasteiger partial charge is 0.264 e. The molecule has 0 aromatic heterocycles. The average molecular weight is 636 g/mol. The number of rotatable bonds is 14. The predicted molar refractivity (Wildman–Crippen MR) is 171 cm³/mol. The van der Waals surface area contributed by atoms with Crippen molar-refractivity contribution in [2.24, 2.45) is 0 Å². The number of sulfonamides is 1. The summed E-state index contributed by atoms with van der Waals surface area (Å²) in [5, 5.41) is 3.28. The Bertz CT molecular complexity index is 1640. The zero-order valence-electron chi connectivity index (χ0n) is 24.4. The van der Waals surface area contributed by atoms with Gasteiger partial charge in [-0.1, -0.05) is 91.7 Å². The molecule has 0 aliphatic heterocycles. The summed E-state index contributed by atoms with van der Waals surface area (Å²) in [6.07, 6.45) is 1.75. The molecule has 0 heterocycles. The summed E-state index contributed by atoms with van der Waals surface area (Å²) < 4.78 is 43.9. The number of halogens is 2. The van der Waals surface area contributed by atoms with Gasteiger partial charge < -0.3 is 10.2 Å². The average Bonchev–Trinajstić information content (AvgIpc) is 3.03. The number of carbonyl (C=O) groups excluding carboxylic acids is 2. The number of hydrogen-bond donors (Lipinski definition) is 1. The number of amides is 2. The monoisotopic (exact) mass is 635 g/mol. The summed E-state index contributed by atoms with van der Waals surface area (Å²) in [6.45, 7) is 1.54. The first kappa shape index (κ1) is 32.7. The van der Waals surface area contributed by atoms with Crippen LogP contribution in [0.4, 0.5) is 10.1 Å². The molecule has 4 aromatic rings. The van der Waals surface area contributed by atoms with Crippen LogP contribution >= 0.6 is 11.6 Å². The predicted octanol–water partition coefficient (Wildman–Crippen LogP) is 6.23. The molecule has 4 aromatic carbocycles. The van der Waals surface area contributed by atoms with Gasteiger partial charge in [0.25, 0.3) is 10.0 Å². The van der Waals surface area contributed by atoms with E-state index in [1.54, 1.807) is 48.5 Å². The van der Waals surface area contributed by atoms with E-state index in [2.05, 4.69) is 5.32 Å². The van der Waals surface area contributed by atoms with Crippen molar-refractivity contribution >= 4 is 39.1 Å². The summed E-state index contributed by atoms with van der Waals surface area (Å²) in [5.41, 5.74) is 1.25. The van der Waals surface area contributed by atoms with Gasteiger partial charge in [-0.3, -0.25) is 13.9 Å². The second-order valence-corrected chi connectivity index (χ2v) is 12.6. The number of unbranched alkanes of at least 4 members (excludes halogenated alkanes) is 1. The van der Waals surface area contributed by atoms with Crippen LogP contribution in [0, 0.1) is 5.82 Å². The van der Waals surface area contributed by atoms with Gasteiger partial charge in [-0.05, 0) is 54.4 Å². The Morgan fingerprint density at radius 3 is 2.11 bits per heavy atom. The molecule has 0 aliphatic carbocycles. The SMILES string of the molecule is CCCCNC(=O)[C@H](Cc1ccccc1)N(Cc1ccccc1F)C(=O)CN(c1ccccc1)S(=O)(=O)c1ccc(Cl)cc1. The Balaban J connectivity index is 1.78. The van der Waals surface area contributed by atoms with E-state index in [0.29, 0.717) is 11.6 Å². The van der Waals surface area contributed by atoms with Gasteiger partial charge in [-0.2, -0.15) is 0 Å². The molecule has 0 bridgehead atoms. The fourth-order valence-electron chi connectivity index (χ4n) is 4.73. The molecule has 1 atom stereocenters. The highest BCUT2D eigenvalue weighted by Crippen LogP contribution is 2.26. The van der Waals surface area contributed by atoms with Gasteiger partial charge in [-0.25, -0.2) is 12.8 Å². The van der Waals surface area contributed by atoms with E-state index in [1.165, 1.54) is 35.2 Å². The normalized spacial score (nSPS) is 11.9. The number of benzene rings is 4. The van der Waals surface area contributed by atoms with Crippen molar-refractivity contribution in [2.75, 3.05) is 17.4 Å². The molecular weight excluding hydrogens is 601 g/mol. The molecule has 0 fully saturated rings. The maximum Gasteiger partial charge on any atom is 0.264 e. The molecule has 2 amide bonds. The van der Waals surface area contributed by atoms with Crippen LogP contribution in [-0.4, -0.2) is 44.3 Å². The lowest BCUT2D eigenvalue weighted by Crippen LogP contribution is -2.53. The fourth-order valence-corrected chi connectivity index (χ4v) is 6.27. The Kier molecular flexibility index (Phi) is 11.5. The zero-order valence-corrected chi connectivity index (χ0v) is 26.0. The van der Waals surface area contributed by atoms with Crippen molar-refractivity contribution < 1.29 is 22.4 Å². The first-order valence-electron chi connectivity index (χ1n) is 14.4. The Hall–Kier alpha value is -4.21. The van der Waals surface area contributed by atoms with Gasteiger partial charge in [0.2, 0.25) is 11.8 Å². The molecule has 0 saturated carbocycles. The van der Waals surface area contributed by atoms with E-state index in [0.717, 1.165) is 22.7 Å². The minimum atomic E-state index is -4.25. The van der Waals surface area contributed by atoms with Gasteiger partial charge in [0, 0.05) is 30.1 Å². The van der Waals surface area contributed by atoms with Crippen LogP contribution < -0.4 is 9.62 Å². The number of para-hydroxylation sites is 1. The molecule has 1 N–H and O–H groups in total. The second kappa shape index (κ2) is 15.5. The van der Waals surface area contributed by atoms with Crippen LogP contribution in [0.15, 0.2) is 114 Å². The van der Waals surface area contributed by atoms with E-state index in [-0.39, 0.29) is 29.1 Å². The fraction of sp³-hybridized carbons (Fsp3) is 0.235. The first-order chi connectivity index (χ1) is 21.2. The van der Waals surface area contributed by atoms with Crippen molar-refractivity contribution in [1.29, 1.82) is 0 Å². The van der Waals surface area contributed by atoms with Crippen LogP contribution in [0.25, 0.3) is 0 Å². The number of nitrogens with one attached hydrogen (secondary N) is 1. The Morgan fingerprint density at radius 1 is 0.864 bits per heavy atom. The Morgan fingerprint density at radius 2 is 1.48 bits per heavy atom. The van der Waals surface area contributed by atoms with Crippen LogP contribution in [0.3, 0.4) is 0 Å². The van der Waals surface area contributed by atoms with Gasteiger partial charge in [0.1, 0.15) is 18.4 Å². The summed E-state index contributed by atoms with van der Waals surface area (Å²) in [5.74, 6) is -1.61. The maximum atomic E-state index is 15.0. The number of anilines is 1. The highest BCUT2D eigenvalue weighted by molar-refractivity contribution is 7.92. The van der Waals surface area contributed by atoms with Crippen LogP contribution in [0.1, 0.15) is 30.9 Å². The molecule has 0 spiro atoms. The van der Waals surface area contributed by atoms with E-state index in [9.17, 15) is 22.4 Å². The van der Waals surface area contributed by atoms with E-state index < -0.39 is 40.2 Å². The van der Waals surface area contributed by atoms with Gasteiger partial charge in [0.05, 0.1) is 10.6 Å². The zero-order chi connectivity index (χ0) is 31.5. The van der Waals surface area contributed by atoms with Gasteiger partial charge in [0.15, 0.2) is 0 Å². The maximum absolute atomic E-state index is 15.0. The highest BCUT2D eigenvalue weighted by atomic mass is 35.5. The van der Waals surface area contributed by atoms with Crippen LogP contribution in [0.5, 0.6) is 0 Å². The first-order valence-corrected chi connectivity index (χ1v) is 16.2. The van der Waals surface area contributed by atoms with Gasteiger partial charge in [-0.15, -0.1) is 0 Å². The highest BCUT2D eigenvalue weighted by Gasteiger charge is 2.34. The molecule has 10 heteroatoms. The molecule has 0 radical (unpaired) electrons. The third-order valence-electron chi connectivity index (χ3n) is 7.12. The molecule has 0 unspecified atom stereocenters. The van der Waals surface area contributed by atoms with E-state index in [1.807, 2.05) is 37.3 Å². The van der Waals surface area contributed by atoms with E-state index in [4.69, 9.17) is 11.6 Å². The number of nitrogens with zero attached hydrogens (tertiary/aromatic N) is 2. The standard InChI is InChI=1S/C34H35ClFN3O4S/c1-2-3-22-37-34(41)32(23-26-12-6-4-7-13-26)38(24-27-14-10-11-17-31(27)36)33(40)25-39(29-15-8-5-9-16-29)44(42,43)30-20-18-28(35)19-21-30/h4-21,32H,2-3,22-25H2,1H3,(H,37,41)/t32-/m0/s1. The largest absolute Gasteiger partial charge is 0.354 e. The minimum Gasteiger partial charge on any atom is -0.354 e. The van der Waals surface area contributed by atoms with Crippen LogP contribution in [-0.2, 0) is 32.6 Å². The summed E-state index contributed by atoms with van der Waals surface area (Å²) in [7, 11) is -4.25. The minimum absolute atomic E-state index is 0.0580. The van der Waals surface area contributed by atoms with Crippen molar-refractivity contribution in [3.8, 4) is 0 Å². The van der Waals surface area contributed by atoms with Crippen molar-refractivity contribution in [1.82, 2.24) is 10.2 Å². The molecule has 0 saturated heterocycles. The summed E-state index contributed by atoms with van der Waals surface area (Å²) >= 11 is 6.01. The molecule has 4 rings (SSSR count). The second-order valence-electron chi connectivity index (χ2n) is 10.3. The van der Waals surface area contributed by atoms with Crippen molar-refractivity contribution in [2.45, 2.75) is 43.7 Å². The number of carbonyl (C=O) groups is 2.